The second-order valence-corrected chi connectivity index (χ2v) is 4.54. The molecule has 13 heavy (non-hydrogen) atoms. The highest BCUT2D eigenvalue weighted by atomic mass is 16.5. The van der Waals surface area contributed by atoms with E-state index in [1.807, 2.05) is 0 Å². The molecule has 1 heterocycles. The minimum atomic E-state index is 0.262. The summed E-state index contributed by atoms with van der Waals surface area (Å²) in [5, 5.41) is 0. The zero-order valence-electron chi connectivity index (χ0n) is 8.43. The first-order valence-corrected chi connectivity index (χ1v) is 5.71. The molecule has 0 aromatic carbocycles. The Hall–Kier alpha value is -0.0800. The molecule has 2 nitrogen and oxygen atoms in total. The van der Waals surface area contributed by atoms with Crippen LogP contribution in [0.1, 0.15) is 44.9 Å². The van der Waals surface area contributed by atoms with Gasteiger partial charge in [-0.25, -0.2) is 0 Å². The van der Waals surface area contributed by atoms with Crippen LogP contribution in [0, 0.1) is 5.92 Å². The van der Waals surface area contributed by atoms with Crippen molar-refractivity contribution in [2.24, 2.45) is 11.7 Å². The lowest BCUT2D eigenvalue weighted by atomic mass is 9.82. The topological polar surface area (TPSA) is 35.2 Å². The van der Waals surface area contributed by atoms with E-state index in [0.29, 0.717) is 0 Å². The molecule has 0 amide bonds. The summed E-state index contributed by atoms with van der Waals surface area (Å²) in [6, 6.07) is 0. The van der Waals surface area contributed by atoms with E-state index in [1.54, 1.807) is 0 Å². The van der Waals surface area contributed by atoms with Crippen LogP contribution in [0.4, 0.5) is 0 Å². The summed E-state index contributed by atoms with van der Waals surface area (Å²) in [7, 11) is 0. The van der Waals surface area contributed by atoms with Gasteiger partial charge in [-0.05, 0) is 51.0 Å². The third kappa shape index (κ3) is 1.75. The first kappa shape index (κ1) is 9.47. The van der Waals surface area contributed by atoms with Crippen LogP contribution in [0.25, 0.3) is 0 Å². The van der Waals surface area contributed by atoms with Crippen molar-refractivity contribution < 1.29 is 4.74 Å². The normalized spacial score (nSPS) is 39.9. The number of ether oxygens (including phenoxy) is 1. The molecule has 2 atom stereocenters. The van der Waals surface area contributed by atoms with Gasteiger partial charge in [-0.15, -0.1) is 0 Å². The Bertz CT molecular complexity index is 163. The Balaban J connectivity index is 2.00. The zero-order chi connectivity index (χ0) is 9.15. The van der Waals surface area contributed by atoms with Crippen molar-refractivity contribution in [2.75, 3.05) is 13.2 Å². The number of nitrogens with two attached hydrogens (primary N) is 1. The lowest BCUT2D eigenvalue weighted by Crippen LogP contribution is -2.40. The molecule has 76 valence electrons. The maximum Gasteiger partial charge on any atom is 0.0711 e. The third-order valence-electron chi connectivity index (χ3n) is 3.80. The molecule has 1 aliphatic carbocycles. The van der Waals surface area contributed by atoms with E-state index in [1.165, 1.54) is 44.9 Å². The fourth-order valence-electron chi connectivity index (χ4n) is 3.12. The van der Waals surface area contributed by atoms with Gasteiger partial charge in [0, 0.05) is 6.61 Å². The van der Waals surface area contributed by atoms with E-state index in [9.17, 15) is 0 Å². The molecule has 0 aromatic heterocycles. The molecule has 0 bridgehead atoms. The third-order valence-corrected chi connectivity index (χ3v) is 3.80. The van der Waals surface area contributed by atoms with E-state index < -0.39 is 0 Å². The van der Waals surface area contributed by atoms with Gasteiger partial charge in [-0.1, -0.05) is 6.42 Å². The summed E-state index contributed by atoms with van der Waals surface area (Å²) in [5.41, 5.74) is 5.90. The smallest absolute Gasteiger partial charge is 0.0711 e. The summed E-state index contributed by atoms with van der Waals surface area (Å²) in [6.45, 7) is 1.82. The lowest BCUT2D eigenvalue weighted by molar-refractivity contribution is -0.103. The zero-order valence-corrected chi connectivity index (χ0v) is 8.43. The maximum atomic E-state index is 6.04. The fraction of sp³-hybridized carbons (Fsp3) is 1.00. The van der Waals surface area contributed by atoms with Crippen LogP contribution in [0.3, 0.4) is 0 Å². The van der Waals surface area contributed by atoms with Crippen molar-refractivity contribution in [3.8, 4) is 0 Å². The van der Waals surface area contributed by atoms with E-state index in [2.05, 4.69) is 0 Å². The van der Waals surface area contributed by atoms with Crippen LogP contribution < -0.4 is 5.73 Å². The highest BCUT2D eigenvalue weighted by molar-refractivity contribution is 4.95. The summed E-state index contributed by atoms with van der Waals surface area (Å²) < 4.78 is 6.04. The van der Waals surface area contributed by atoms with E-state index in [0.717, 1.165) is 19.1 Å². The molecule has 2 unspecified atom stereocenters. The van der Waals surface area contributed by atoms with Gasteiger partial charge < -0.3 is 10.5 Å². The Kier molecular flexibility index (Phi) is 2.89. The molecule has 1 aliphatic heterocycles. The van der Waals surface area contributed by atoms with Crippen LogP contribution in [-0.2, 0) is 4.74 Å². The molecule has 0 radical (unpaired) electrons. The number of hydrogen-bond acceptors (Lipinski definition) is 2. The average molecular weight is 183 g/mol. The molecule has 2 rings (SSSR count). The van der Waals surface area contributed by atoms with Gasteiger partial charge in [-0.2, -0.15) is 0 Å². The van der Waals surface area contributed by atoms with Crippen molar-refractivity contribution in [3.05, 3.63) is 0 Å². The fourth-order valence-corrected chi connectivity index (χ4v) is 3.12. The first-order valence-electron chi connectivity index (χ1n) is 5.71. The van der Waals surface area contributed by atoms with Crippen molar-refractivity contribution in [1.82, 2.24) is 0 Å². The van der Waals surface area contributed by atoms with Crippen molar-refractivity contribution in [3.63, 3.8) is 0 Å². The summed E-state index contributed by atoms with van der Waals surface area (Å²) >= 11 is 0. The highest BCUT2D eigenvalue weighted by Gasteiger charge is 2.43. The average Bonchev–Trinajstić information content (AvgIpc) is 2.52. The van der Waals surface area contributed by atoms with Gasteiger partial charge in [0.2, 0.25) is 0 Å². The molecule has 2 fully saturated rings. The first-order chi connectivity index (χ1) is 6.37. The largest absolute Gasteiger partial charge is 0.375 e. The van der Waals surface area contributed by atoms with Gasteiger partial charge in [0.15, 0.2) is 0 Å². The standard InChI is InChI=1S/C11H21NO/c12-8-5-10-4-3-7-11(10)6-1-2-9-13-11/h10H,1-9,12H2. The predicted molar refractivity (Wildman–Crippen MR) is 53.5 cm³/mol. The van der Waals surface area contributed by atoms with Crippen LogP contribution in [0.2, 0.25) is 0 Å². The van der Waals surface area contributed by atoms with Crippen LogP contribution in [0.15, 0.2) is 0 Å². The summed E-state index contributed by atoms with van der Waals surface area (Å²) in [6.07, 6.45) is 9.06. The molecular weight excluding hydrogens is 162 g/mol. The van der Waals surface area contributed by atoms with Crippen molar-refractivity contribution >= 4 is 0 Å². The molecule has 1 spiro atoms. The van der Waals surface area contributed by atoms with Gasteiger partial charge in [0.25, 0.3) is 0 Å². The van der Waals surface area contributed by atoms with Gasteiger partial charge in [-0.3, -0.25) is 0 Å². The van der Waals surface area contributed by atoms with Gasteiger partial charge >= 0.3 is 0 Å². The van der Waals surface area contributed by atoms with Crippen LogP contribution >= 0.6 is 0 Å². The van der Waals surface area contributed by atoms with Crippen molar-refractivity contribution in [2.45, 2.75) is 50.5 Å². The van der Waals surface area contributed by atoms with Gasteiger partial charge in [0.1, 0.15) is 0 Å². The predicted octanol–water partition coefficient (Wildman–Crippen LogP) is 2.07. The molecule has 0 aromatic rings. The Morgan fingerprint density at radius 3 is 2.77 bits per heavy atom. The Morgan fingerprint density at radius 1 is 1.23 bits per heavy atom. The Labute approximate surface area is 80.8 Å². The number of hydrogen-bond donors (Lipinski definition) is 1. The molecule has 1 saturated carbocycles. The van der Waals surface area contributed by atoms with Gasteiger partial charge in [0.05, 0.1) is 5.60 Å². The summed E-state index contributed by atoms with van der Waals surface area (Å²) in [4.78, 5) is 0. The monoisotopic (exact) mass is 183 g/mol. The highest BCUT2D eigenvalue weighted by Crippen LogP contribution is 2.45. The molecule has 2 heteroatoms. The molecule has 2 aliphatic rings. The maximum absolute atomic E-state index is 6.04. The van der Waals surface area contributed by atoms with E-state index >= 15 is 0 Å². The molecule has 1 saturated heterocycles. The minimum absolute atomic E-state index is 0.262. The quantitative estimate of drug-likeness (QED) is 0.711. The SMILES string of the molecule is NCCC1CCCC12CCCCO2. The minimum Gasteiger partial charge on any atom is -0.375 e. The summed E-state index contributed by atoms with van der Waals surface area (Å²) in [5.74, 6) is 0.762. The molecular formula is C11H21NO. The van der Waals surface area contributed by atoms with Crippen LogP contribution in [-0.4, -0.2) is 18.8 Å². The molecule has 2 N–H and O–H groups in total. The second-order valence-electron chi connectivity index (χ2n) is 4.54. The number of rotatable bonds is 2. The Morgan fingerprint density at radius 2 is 2.08 bits per heavy atom. The second kappa shape index (κ2) is 3.97. The van der Waals surface area contributed by atoms with Crippen LogP contribution in [0.5, 0.6) is 0 Å². The lowest BCUT2D eigenvalue weighted by Gasteiger charge is -2.39. The van der Waals surface area contributed by atoms with Crippen molar-refractivity contribution in [1.29, 1.82) is 0 Å². The van der Waals surface area contributed by atoms with E-state index in [-0.39, 0.29) is 5.60 Å². The van der Waals surface area contributed by atoms with E-state index in [4.69, 9.17) is 10.5 Å².